The maximum atomic E-state index is 12.8. The second-order valence-corrected chi connectivity index (χ2v) is 6.29. The predicted molar refractivity (Wildman–Crippen MR) is 102 cm³/mol. The maximum absolute atomic E-state index is 12.8. The number of hydrogen-bond acceptors (Lipinski definition) is 4. The standard InChI is InChI=1S/C21H20N4O/c26-21(19-8-6-18(7-9-19)17-4-2-1-3-5-17)25-14-12-24(13-15-25)20-16-22-10-11-23-20/h1-11,16H,12-15H2. The molecule has 0 bridgehead atoms. The number of rotatable bonds is 3. The fourth-order valence-electron chi connectivity index (χ4n) is 3.21. The highest BCUT2D eigenvalue weighted by Crippen LogP contribution is 2.20. The van der Waals surface area contributed by atoms with Crippen LogP contribution in [-0.4, -0.2) is 47.0 Å². The summed E-state index contributed by atoms with van der Waals surface area (Å²) in [5, 5.41) is 0. The first-order valence-corrected chi connectivity index (χ1v) is 8.77. The molecule has 5 heteroatoms. The molecule has 26 heavy (non-hydrogen) atoms. The summed E-state index contributed by atoms with van der Waals surface area (Å²) in [6.45, 7) is 2.92. The number of piperazine rings is 1. The summed E-state index contributed by atoms with van der Waals surface area (Å²) < 4.78 is 0. The van der Waals surface area contributed by atoms with E-state index < -0.39 is 0 Å². The molecule has 3 aromatic rings. The minimum atomic E-state index is 0.0865. The van der Waals surface area contributed by atoms with E-state index in [4.69, 9.17) is 0 Å². The highest BCUT2D eigenvalue weighted by atomic mass is 16.2. The number of aromatic nitrogens is 2. The van der Waals surface area contributed by atoms with E-state index in [2.05, 4.69) is 27.0 Å². The Morgan fingerprint density at radius 3 is 2.15 bits per heavy atom. The number of benzene rings is 2. The summed E-state index contributed by atoms with van der Waals surface area (Å²) in [7, 11) is 0. The fourth-order valence-corrected chi connectivity index (χ4v) is 3.21. The molecule has 1 amide bonds. The lowest BCUT2D eigenvalue weighted by atomic mass is 10.0. The Hall–Kier alpha value is -3.21. The van der Waals surface area contributed by atoms with Gasteiger partial charge >= 0.3 is 0 Å². The van der Waals surface area contributed by atoms with Crippen LogP contribution in [-0.2, 0) is 0 Å². The summed E-state index contributed by atoms with van der Waals surface area (Å²) in [6.07, 6.45) is 5.13. The number of amides is 1. The van der Waals surface area contributed by atoms with E-state index in [0.29, 0.717) is 13.1 Å². The van der Waals surface area contributed by atoms with E-state index >= 15 is 0 Å². The van der Waals surface area contributed by atoms with E-state index in [1.807, 2.05) is 47.4 Å². The van der Waals surface area contributed by atoms with Crippen molar-refractivity contribution in [2.45, 2.75) is 0 Å². The summed E-state index contributed by atoms with van der Waals surface area (Å²) in [4.78, 5) is 25.3. The molecule has 0 unspecified atom stereocenters. The van der Waals surface area contributed by atoms with Crippen LogP contribution in [0.15, 0.2) is 73.2 Å². The lowest BCUT2D eigenvalue weighted by Crippen LogP contribution is -2.49. The van der Waals surface area contributed by atoms with Gasteiger partial charge in [-0.2, -0.15) is 0 Å². The molecule has 5 nitrogen and oxygen atoms in total. The Morgan fingerprint density at radius 2 is 1.50 bits per heavy atom. The molecule has 0 saturated carbocycles. The van der Waals surface area contributed by atoms with Gasteiger partial charge in [0.1, 0.15) is 5.82 Å². The molecule has 1 aliphatic rings. The van der Waals surface area contributed by atoms with Crippen molar-refractivity contribution in [1.82, 2.24) is 14.9 Å². The molecule has 4 rings (SSSR count). The van der Waals surface area contributed by atoms with Crippen molar-refractivity contribution in [2.75, 3.05) is 31.1 Å². The Kier molecular flexibility index (Phi) is 4.60. The van der Waals surface area contributed by atoms with Crippen LogP contribution in [0.1, 0.15) is 10.4 Å². The summed E-state index contributed by atoms with van der Waals surface area (Å²) in [6, 6.07) is 18.0. The number of carbonyl (C=O) groups is 1. The highest BCUT2D eigenvalue weighted by molar-refractivity contribution is 5.94. The fraction of sp³-hybridized carbons (Fsp3) is 0.190. The number of nitrogens with zero attached hydrogens (tertiary/aromatic N) is 4. The van der Waals surface area contributed by atoms with Gasteiger partial charge in [0.2, 0.25) is 0 Å². The van der Waals surface area contributed by atoms with E-state index in [9.17, 15) is 4.79 Å². The Labute approximate surface area is 152 Å². The molecule has 1 fully saturated rings. The van der Waals surface area contributed by atoms with E-state index in [1.165, 1.54) is 0 Å². The summed E-state index contributed by atoms with van der Waals surface area (Å²) in [5.41, 5.74) is 3.01. The Balaban J connectivity index is 1.41. The van der Waals surface area contributed by atoms with Gasteiger partial charge in [0, 0.05) is 44.1 Å². The van der Waals surface area contributed by atoms with E-state index in [0.717, 1.165) is 35.6 Å². The molecule has 1 aliphatic heterocycles. The lowest BCUT2D eigenvalue weighted by molar-refractivity contribution is 0.0746. The SMILES string of the molecule is O=C(c1ccc(-c2ccccc2)cc1)N1CCN(c2cnccn2)CC1. The summed E-state index contributed by atoms with van der Waals surface area (Å²) >= 11 is 0. The van der Waals surface area contributed by atoms with Crippen molar-refractivity contribution in [1.29, 1.82) is 0 Å². The zero-order chi connectivity index (χ0) is 17.8. The largest absolute Gasteiger partial charge is 0.352 e. The van der Waals surface area contributed by atoms with Gasteiger partial charge in [-0.15, -0.1) is 0 Å². The third kappa shape index (κ3) is 3.42. The first-order chi connectivity index (χ1) is 12.8. The average molecular weight is 344 g/mol. The van der Waals surface area contributed by atoms with Crippen molar-refractivity contribution in [3.8, 4) is 11.1 Å². The van der Waals surface area contributed by atoms with Gasteiger partial charge in [-0.25, -0.2) is 4.98 Å². The molecule has 2 heterocycles. The molecule has 0 radical (unpaired) electrons. The third-order valence-corrected chi connectivity index (χ3v) is 4.68. The quantitative estimate of drug-likeness (QED) is 0.732. The number of carbonyl (C=O) groups excluding carboxylic acids is 1. The van der Waals surface area contributed by atoms with Crippen LogP contribution in [0.2, 0.25) is 0 Å². The van der Waals surface area contributed by atoms with Crippen molar-refractivity contribution < 1.29 is 4.79 Å². The van der Waals surface area contributed by atoms with Gasteiger partial charge in [-0.3, -0.25) is 9.78 Å². The second kappa shape index (κ2) is 7.35. The van der Waals surface area contributed by atoms with Gasteiger partial charge in [-0.1, -0.05) is 42.5 Å². The molecule has 1 aromatic heterocycles. The van der Waals surface area contributed by atoms with Crippen molar-refractivity contribution in [3.63, 3.8) is 0 Å². The number of anilines is 1. The van der Waals surface area contributed by atoms with Crippen molar-refractivity contribution >= 4 is 11.7 Å². The Morgan fingerprint density at radius 1 is 0.808 bits per heavy atom. The van der Waals surface area contributed by atoms with Crippen LogP contribution in [0.3, 0.4) is 0 Å². The molecular weight excluding hydrogens is 324 g/mol. The predicted octanol–water partition coefficient (Wildman–Crippen LogP) is 3.11. The van der Waals surface area contributed by atoms with Crippen LogP contribution in [0, 0.1) is 0 Å². The zero-order valence-electron chi connectivity index (χ0n) is 14.5. The van der Waals surface area contributed by atoms with Gasteiger partial charge in [-0.05, 0) is 23.3 Å². The smallest absolute Gasteiger partial charge is 0.253 e. The monoisotopic (exact) mass is 344 g/mol. The number of hydrogen-bond donors (Lipinski definition) is 0. The van der Waals surface area contributed by atoms with Crippen LogP contribution in [0.4, 0.5) is 5.82 Å². The molecule has 1 saturated heterocycles. The van der Waals surface area contributed by atoms with Gasteiger partial charge in [0.25, 0.3) is 5.91 Å². The van der Waals surface area contributed by atoms with E-state index in [1.54, 1.807) is 18.6 Å². The van der Waals surface area contributed by atoms with Crippen molar-refractivity contribution in [3.05, 3.63) is 78.8 Å². The average Bonchev–Trinajstić information content (AvgIpc) is 2.75. The second-order valence-electron chi connectivity index (χ2n) is 6.29. The minimum absolute atomic E-state index is 0.0865. The van der Waals surface area contributed by atoms with Crippen LogP contribution >= 0.6 is 0 Å². The minimum Gasteiger partial charge on any atom is -0.352 e. The van der Waals surface area contributed by atoms with Gasteiger partial charge in [0.05, 0.1) is 6.20 Å². The van der Waals surface area contributed by atoms with Crippen LogP contribution in [0.25, 0.3) is 11.1 Å². The molecule has 2 aromatic carbocycles. The van der Waals surface area contributed by atoms with E-state index in [-0.39, 0.29) is 5.91 Å². The molecule has 0 N–H and O–H groups in total. The topological polar surface area (TPSA) is 49.3 Å². The first-order valence-electron chi connectivity index (χ1n) is 8.77. The summed E-state index contributed by atoms with van der Waals surface area (Å²) in [5.74, 6) is 0.954. The van der Waals surface area contributed by atoms with Gasteiger partial charge < -0.3 is 9.80 Å². The lowest BCUT2D eigenvalue weighted by Gasteiger charge is -2.35. The maximum Gasteiger partial charge on any atom is 0.253 e. The third-order valence-electron chi connectivity index (χ3n) is 4.68. The molecule has 0 atom stereocenters. The zero-order valence-corrected chi connectivity index (χ0v) is 14.5. The highest BCUT2D eigenvalue weighted by Gasteiger charge is 2.22. The molecule has 130 valence electrons. The molecule has 0 spiro atoms. The normalized spacial score (nSPS) is 14.3. The van der Waals surface area contributed by atoms with Crippen molar-refractivity contribution in [2.24, 2.45) is 0 Å². The molecule has 0 aliphatic carbocycles. The Bertz CT molecular complexity index is 858. The van der Waals surface area contributed by atoms with Crippen LogP contribution < -0.4 is 4.90 Å². The van der Waals surface area contributed by atoms with Crippen LogP contribution in [0.5, 0.6) is 0 Å². The molecular formula is C21H20N4O. The van der Waals surface area contributed by atoms with Gasteiger partial charge in [0.15, 0.2) is 0 Å². The first kappa shape index (κ1) is 16.3.